The van der Waals surface area contributed by atoms with E-state index in [0.717, 1.165) is 18.5 Å². The molecule has 1 atom stereocenters. The first kappa shape index (κ1) is 11.9. The molecule has 2 heterocycles. The third-order valence-electron chi connectivity index (χ3n) is 3.24. The lowest BCUT2D eigenvalue weighted by molar-refractivity contribution is 0.0697. The first-order valence-corrected chi connectivity index (χ1v) is 6.11. The van der Waals surface area contributed by atoms with E-state index in [0.29, 0.717) is 18.1 Å². The molecule has 0 fully saturated rings. The molecule has 2 aromatic rings. The van der Waals surface area contributed by atoms with Crippen LogP contribution < -0.4 is 0 Å². The highest BCUT2D eigenvalue weighted by Crippen LogP contribution is 2.25. The summed E-state index contributed by atoms with van der Waals surface area (Å²) in [7, 11) is 0. The van der Waals surface area contributed by atoms with Crippen molar-refractivity contribution in [3.63, 3.8) is 0 Å². The largest absolute Gasteiger partial charge is 0.478 e. The zero-order valence-corrected chi connectivity index (χ0v) is 10.2. The number of carboxylic acids is 1. The summed E-state index contributed by atoms with van der Waals surface area (Å²) in [4.78, 5) is 15.1. The summed E-state index contributed by atoms with van der Waals surface area (Å²) in [6.45, 7) is 0.757. The fourth-order valence-corrected chi connectivity index (χ4v) is 2.21. The van der Waals surface area contributed by atoms with Crippen LogP contribution in [0, 0.1) is 0 Å². The molecule has 2 N–H and O–H groups in total. The van der Waals surface area contributed by atoms with E-state index in [4.69, 9.17) is 5.11 Å². The topological polar surface area (TPSA) is 88.2 Å². The molecule has 1 aromatic heterocycles. The number of hydrogen-bond acceptors (Lipinski definition) is 4. The first-order valence-electron chi connectivity index (χ1n) is 6.11. The molecule has 0 spiro atoms. The molecule has 98 valence electrons. The van der Waals surface area contributed by atoms with Crippen molar-refractivity contribution in [3.8, 4) is 11.4 Å². The highest BCUT2D eigenvalue weighted by Gasteiger charge is 2.22. The van der Waals surface area contributed by atoms with Gasteiger partial charge in [-0.05, 0) is 25.0 Å². The number of rotatable bonds is 2. The normalized spacial score (nSPS) is 18.1. The minimum absolute atomic E-state index is 0.229. The van der Waals surface area contributed by atoms with Crippen LogP contribution in [0.5, 0.6) is 0 Å². The molecule has 0 saturated carbocycles. The fraction of sp³-hybridized carbons (Fsp3) is 0.308. The maximum Gasteiger partial charge on any atom is 0.335 e. The Hall–Kier alpha value is -2.21. The van der Waals surface area contributed by atoms with Gasteiger partial charge >= 0.3 is 5.97 Å². The van der Waals surface area contributed by atoms with E-state index in [1.54, 1.807) is 16.8 Å². The van der Waals surface area contributed by atoms with E-state index in [2.05, 4.69) is 10.1 Å². The molecule has 6 heteroatoms. The predicted molar refractivity (Wildman–Crippen MR) is 66.6 cm³/mol. The lowest BCUT2D eigenvalue weighted by Crippen LogP contribution is -2.16. The molecule has 0 saturated heterocycles. The Kier molecular flexibility index (Phi) is 2.79. The maximum atomic E-state index is 10.8. The molecule has 0 bridgehead atoms. The number of carbonyl (C=O) groups is 1. The van der Waals surface area contributed by atoms with Crippen LogP contribution in [0.15, 0.2) is 24.3 Å². The number of hydrogen-bond donors (Lipinski definition) is 2. The molecular weight excluding hydrogens is 246 g/mol. The molecule has 19 heavy (non-hydrogen) atoms. The van der Waals surface area contributed by atoms with Gasteiger partial charge in [-0.25, -0.2) is 14.5 Å². The molecule has 3 rings (SSSR count). The van der Waals surface area contributed by atoms with Gasteiger partial charge < -0.3 is 10.2 Å². The number of aliphatic hydroxyl groups excluding tert-OH is 1. The lowest BCUT2D eigenvalue weighted by atomic mass is 10.1. The Labute approximate surface area is 109 Å². The van der Waals surface area contributed by atoms with Gasteiger partial charge in [0.05, 0.1) is 5.56 Å². The lowest BCUT2D eigenvalue weighted by Gasteiger charge is -2.16. The average Bonchev–Trinajstić information content (AvgIpc) is 2.84. The van der Waals surface area contributed by atoms with Gasteiger partial charge in [0.1, 0.15) is 6.10 Å². The van der Waals surface area contributed by atoms with Crippen molar-refractivity contribution in [1.82, 2.24) is 14.8 Å². The van der Waals surface area contributed by atoms with Crippen molar-refractivity contribution < 1.29 is 15.0 Å². The van der Waals surface area contributed by atoms with Crippen LogP contribution in [-0.2, 0) is 6.54 Å². The standard InChI is InChI=1S/C13H13N3O3/c17-10-2-1-7-16-12(10)14-11(15-16)8-3-5-9(6-4-8)13(18)19/h3-6,10,17H,1-2,7H2,(H,18,19). The number of aromatic nitrogens is 3. The van der Waals surface area contributed by atoms with E-state index >= 15 is 0 Å². The molecule has 1 aliphatic heterocycles. The van der Waals surface area contributed by atoms with Gasteiger partial charge in [0, 0.05) is 12.1 Å². The molecule has 0 amide bonds. The monoisotopic (exact) mass is 259 g/mol. The molecule has 0 radical (unpaired) electrons. The summed E-state index contributed by atoms with van der Waals surface area (Å²) in [5.74, 6) is 0.149. The van der Waals surface area contributed by atoms with Crippen molar-refractivity contribution in [2.24, 2.45) is 0 Å². The Bertz CT molecular complexity index is 619. The van der Waals surface area contributed by atoms with Crippen LogP contribution in [0.1, 0.15) is 35.1 Å². The van der Waals surface area contributed by atoms with Crippen LogP contribution in [0.25, 0.3) is 11.4 Å². The first-order chi connectivity index (χ1) is 9.15. The van der Waals surface area contributed by atoms with E-state index in [9.17, 15) is 9.90 Å². The van der Waals surface area contributed by atoms with Crippen LogP contribution in [-0.4, -0.2) is 30.9 Å². The number of aryl methyl sites for hydroxylation is 1. The highest BCUT2D eigenvalue weighted by molar-refractivity contribution is 5.88. The predicted octanol–water partition coefficient (Wildman–Crippen LogP) is 1.47. The Morgan fingerprint density at radius 3 is 2.68 bits per heavy atom. The number of fused-ring (bicyclic) bond motifs is 1. The van der Waals surface area contributed by atoms with Gasteiger partial charge in [-0.3, -0.25) is 0 Å². The van der Waals surface area contributed by atoms with E-state index < -0.39 is 12.1 Å². The smallest absolute Gasteiger partial charge is 0.335 e. The third-order valence-corrected chi connectivity index (χ3v) is 3.24. The Morgan fingerprint density at radius 1 is 1.32 bits per heavy atom. The van der Waals surface area contributed by atoms with Gasteiger partial charge in [-0.2, -0.15) is 5.10 Å². The number of carboxylic acid groups (broad SMARTS) is 1. The van der Waals surface area contributed by atoms with Crippen LogP contribution >= 0.6 is 0 Å². The molecule has 1 aromatic carbocycles. The molecule has 0 aliphatic carbocycles. The summed E-state index contributed by atoms with van der Waals surface area (Å²) in [6.07, 6.45) is 1.03. The van der Waals surface area contributed by atoms with Crippen molar-refractivity contribution in [2.45, 2.75) is 25.5 Å². The SMILES string of the molecule is O=C(O)c1ccc(-c2nc3n(n2)CCCC3O)cc1. The van der Waals surface area contributed by atoms with E-state index in [1.165, 1.54) is 12.1 Å². The maximum absolute atomic E-state index is 10.8. The summed E-state index contributed by atoms with van der Waals surface area (Å²) >= 11 is 0. The second-order valence-electron chi connectivity index (χ2n) is 4.56. The quantitative estimate of drug-likeness (QED) is 0.852. The zero-order chi connectivity index (χ0) is 13.4. The molecule has 6 nitrogen and oxygen atoms in total. The number of benzene rings is 1. The third kappa shape index (κ3) is 2.10. The van der Waals surface area contributed by atoms with Gasteiger partial charge in [-0.1, -0.05) is 12.1 Å². The van der Waals surface area contributed by atoms with Crippen molar-refractivity contribution >= 4 is 5.97 Å². The van der Waals surface area contributed by atoms with Gasteiger partial charge in [0.25, 0.3) is 0 Å². The second-order valence-corrected chi connectivity index (χ2v) is 4.56. The number of aromatic carboxylic acids is 1. The van der Waals surface area contributed by atoms with Crippen LogP contribution in [0.4, 0.5) is 0 Å². The average molecular weight is 259 g/mol. The van der Waals surface area contributed by atoms with Crippen molar-refractivity contribution in [1.29, 1.82) is 0 Å². The summed E-state index contributed by atoms with van der Waals surface area (Å²) < 4.78 is 1.72. The summed E-state index contributed by atoms with van der Waals surface area (Å²) in [6, 6.07) is 6.40. The van der Waals surface area contributed by atoms with Crippen molar-refractivity contribution in [3.05, 3.63) is 35.7 Å². The molecular formula is C13H13N3O3. The van der Waals surface area contributed by atoms with E-state index in [-0.39, 0.29) is 5.56 Å². The fourth-order valence-electron chi connectivity index (χ4n) is 2.21. The zero-order valence-electron chi connectivity index (χ0n) is 10.2. The summed E-state index contributed by atoms with van der Waals surface area (Å²) in [5, 5.41) is 23.0. The van der Waals surface area contributed by atoms with Gasteiger partial charge in [0.2, 0.25) is 0 Å². The van der Waals surface area contributed by atoms with Gasteiger partial charge in [-0.15, -0.1) is 0 Å². The van der Waals surface area contributed by atoms with Crippen LogP contribution in [0.3, 0.4) is 0 Å². The highest BCUT2D eigenvalue weighted by atomic mass is 16.4. The minimum atomic E-state index is -0.959. The minimum Gasteiger partial charge on any atom is -0.478 e. The molecule has 1 aliphatic rings. The number of nitrogens with zero attached hydrogens (tertiary/aromatic N) is 3. The summed E-state index contributed by atoms with van der Waals surface area (Å²) in [5.41, 5.74) is 0.979. The molecule has 1 unspecified atom stereocenters. The number of aliphatic hydroxyl groups is 1. The Morgan fingerprint density at radius 2 is 2.05 bits per heavy atom. The van der Waals surface area contributed by atoms with Gasteiger partial charge in [0.15, 0.2) is 11.6 Å². The van der Waals surface area contributed by atoms with E-state index in [1.807, 2.05) is 0 Å². The van der Waals surface area contributed by atoms with Crippen LogP contribution in [0.2, 0.25) is 0 Å². The Balaban J connectivity index is 1.96. The van der Waals surface area contributed by atoms with Crippen molar-refractivity contribution in [2.75, 3.05) is 0 Å². The second kappa shape index (κ2) is 4.47.